The van der Waals surface area contributed by atoms with Crippen molar-refractivity contribution in [3.8, 4) is 0 Å². The Balaban J connectivity index is 2.55. The number of aryl methyl sites for hydroxylation is 2. The summed E-state index contributed by atoms with van der Waals surface area (Å²) < 4.78 is 0. The molecule has 112 valence electrons. The number of nitrogens with one attached hydrogen (secondary N) is 1. The lowest BCUT2D eigenvalue weighted by Gasteiger charge is -2.24. The molecule has 0 saturated heterocycles. The Morgan fingerprint density at radius 1 is 1.10 bits per heavy atom. The molecule has 0 aliphatic rings. The van der Waals surface area contributed by atoms with Gasteiger partial charge < -0.3 is 10.3 Å². The maximum Gasteiger partial charge on any atom is 0.148 e. The summed E-state index contributed by atoms with van der Waals surface area (Å²) in [6, 6.07) is 6.46. The molecular formula is C16H23N5. The molecule has 2 rings (SSSR count). The summed E-state index contributed by atoms with van der Waals surface area (Å²) in [4.78, 5) is 10.8. The Morgan fingerprint density at radius 3 is 2.24 bits per heavy atom. The maximum atomic E-state index is 5.59. The lowest BCUT2D eigenvalue weighted by atomic mass is 10.0. The first-order chi connectivity index (χ1) is 9.93. The Hall–Kier alpha value is -2.14. The van der Waals surface area contributed by atoms with Crippen molar-refractivity contribution in [1.29, 1.82) is 0 Å². The Morgan fingerprint density at radius 2 is 1.71 bits per heavy atom. The largest absolute Gasteiger partial charge is 0.329 e. The van der Waals surface area contributed by atoms with E-state index < -0.39 is 0 Å². The summed E-state index contributed by atoms with van der Waals surface area (Å²) in [5, 5.41) is 0. The van der Waals surface area contributed by atoms with Crippen LogP contribution in [0.3, 0.4) is 0 Å². The normalized spacial score (nSPS) is 10.8. The van der Waals surface area contributed by atoms with Crippen LogP contribution in [-0.4, -0.2) is 17.0 Å². The third-order valence-corrected chi connectivity index (χ3v) is 3.49. The lowest BCUT2D eigenvalue weighted by molar-refractivity contribution is 0.839. The lowest BCUT2D eigenvalue weighted by Crippen LogP contribution is -2.19. The molecule has 1 heterocycles. The number of benzene rings is 1. The van der Waals surface area contributed by atoms with Gasteiger partial charge in [0.2, 0.25) is 0 Å². The number of hydrogen-bond acceptors (Lipinski definition) is 5. The number of hydrazine groups is 1. The summed E-state index contributed by atoms with van der Waals surface area (Å²) in [6.07, 6.45) is 1.54. The smallest absolute Gasteiger partial charge is 0.148 e. The fraction of sp³-hybridized carbons (Fsp3) is 0.375. The van der Waals surface area contributed by atoms with E-state index in [1.54, 1.807) is 0 Å². The van der Waals surface area contributed by atoms with Gasteiger partial charge in [0.1, 0.15) is 18.0 Å². The molecule has 0 spiro atoms. The van der Waals surface area contributed by atoms with Gasteiger partial charge in [-0.1, -0.05) is 19.9 Å². The zero-order valence-electron chi connectivity index (χ0n) is 13.3. The van der Waals surface area contributed by atoms with Crippen LogP contribution in [0.4, 0.5) is 17.3 Å². The number of nitrogens with zero attached hydrogens (tertiary/aromatic N) is 3. The monoisotopic (exact) mass is 285 g/mol. The van der Waals surface area contributed by atoms with E-state index in [1.807, 2.05) is 7.05 Å². The SMILES string of the molecule is Cc1cc(C)cc(N(C)c2ncnc(NN)c2C(C)C)c1. The summed E-state index contributed by atoms with van der Waals surface area (Å²) in [6.45, 7) is 8.41. The Kier molecular flexibility index (Phi) is 4.43. The minimum absolute atomic E-state index is 0.264. The second kappa shape index (κ2) is 6.10. The number of nitrogens with two attached hydrogens (primary N) is 1. The Bertz CT molecular complexity index is 616. The molecule has 1 aromatic carbocycles. The average Bonchev–Trinajstić information content (AvgIpc) is 2.44. The summed E-state index contributed by atoms with van der Waals surface area (Å²) in [5.41, 5.74) is 7.25. The van der Waals surface area contributed by atoms with E-state index in [-0.39, 0.29) is 5.92 Å². The van der Waals surface area contributed by atoms with Crippen LogP contribution in [0.15, 0.2) is 24.5 Å². The standard InChI is InChI=1S/C16H23N5/c1-10(2)14-15(20-17)18-9-19-16(14)21(5)13-7-11(3)6-12(4)8-13/h6-10H,17H2,1-5H3,(H,18,19,20). The molecule has 0 saturated carbocycles. The third-order valence-electron chi connectivity index (χ3n) is 3.49. The van der Waals surface area contributed by atoms with E-state index >= 15 is 0 Å². The van der Waals surface area contributed by atoms with Gasteiger partial charge in [-0.2, -0.15) is 0 Å². The zero-order valence-corrected chi connectivity index (χ0v) is 13.3. The van der Waals surface area contributed by atoms with Crippen molar-refractivity contribution >= 4 is 17.3 Å². The van der Waals surface area contributed by atoms with E-state index in [2.05, 4.69) is 66.2 Å². The first-order valence-corrected chi connectivity index (χ1v) is 7.07. The third kappa shape index (κ3) is 3.13. The van der Waals surface area contributed by atoms with E-state index in [9.17, 15) is 0 Å². The second-order valence-electron chi connectivity index (χ2n) is 5.66. The van der Waals surface area contributed by atoms with Crippen LogP contribution >= 0.6 is 0 Å². The predicted octanol–water partition coefficient (Wildman–Crippen LogP) is 3.27. The first kappa shape index (κ1) is 15.3. The van der Waals surface area contributed by atoms with Gasteiger partial charge in [0.05, 0.1) is 0 Å². The van der Waals surface area contributed by atoms with Gasteiger partial charge in [0.25, 0.3) is 0 Å². The van der Waals surface area contributed by atoms with Crippen LogP contribution in [-0.2, 0) is 0 Å². The van der Waals surface area contributed by atoms with Crippen molar-refractivity contribution in [2.45, 2.75) is 33.6 Å². The summed E-state index contributed by atoms with van der Waals surface area (Å²) >= 11 is 0. The number of aromatic nitrogens is 2. The van der Waals surface area contributed by atoms with Gasteiger partial charge in [-0.25, -0.2) is 15.8 Å². The van der Waals surface area contributed by atoms with Crippen LogP contribution in [0.2, 0.25) is 0 Å². The van der Waals surface area contributed by atoms with E-state index in [0.717, 1.165) is 17.1 Å². The van der Waals surface area contributed by atoms with Crippen molar-refractivity contribution in [3.63, 3.8) is 0 Å². The van der Waals surface area contributed by atoms with E-state index in [1.165, 1.54) is 17.5 Å². The highest BCUT2D eigenvalue weighted by Crippen LogP contribution is 2.33. The molecule has 0 aliphatic heterocycles. The number of anilines is 3. The van der Waals surface area contributed by atoms with Crippen molar-refractivity contribution in [2.24, 2.45) is 5.84 Å². The van der Waals surface area contributed by atoms with Gasteiger partial charge in [0.15, 0.2) is 0 Å². The molecule has 0 radical (unpaired) electrons. The van der Waals surface area contributed by atoms with Crippen LogP contribution < -0.4 is 16.2 Å². The summed E-state index contributed by atoms with van der Waals surface area (Å²) in [7, 11) is 2.02. The summed E-state index contributed by atoms with van der Waals surface area (Å²) in [5.74, 6) is 7.40. The van der Waals surface area contributed by atoms with Gasteiger partial charge in [-0.15, -0.1) is 0 Å². The van der Waals surface area contributed by atoms with Crippen molar-refractivity contribution in [2.75, 3.05) is 17.4 Å². The predicted molar refractivity (Wildman–Crippen MR) is 87.9 cm³/mol. The number of hydrogen-bond donors (Lipinski definition) is 2. The molecule has 0 atom stereocenters. The molecule has 0 aliphatic carbocycles. The second-order valence-corrected chi connectivity index (χ2v) is 5.66. The Labute approximate surface area is 126 Å². The topological polar surface area (TPSA) is 67.1 Å². The van der Waals surface area contributed by atoms with Crippen molar-refractivity contribution in [3.05, 3.63) is 41.2 Å². The molecule has 0 bridgehead atoms. The van der Waals surface area contributed by atoms with Gasteiger partial charge in [-0.05, 0) is 43.0 Å². The molecule has 0 fully saturated rings. The van der Waals surface area contributed by atoms with Crippen molar-refractivity contribution < 1.29 is 0 Å². The van der Waals surface area contributed by atoms with Crippen LogP contribution in [0.25, 0.3) is 0 Å². The highest BCUT2D eigenvalue weighted by atomic mass is 15.3. The van der Waals surface area contributed by atoms with Crippen LogP contribution in [0.5, 0.6) is 0 Å². The fourth-order valence-corrected chi connectivity index (χ4v) is 2.57. The maximum absolute atomic E-state index is 5.59. The zero-order chi connectivity index (χ0) is 15.6. The highest BCUT2D eigenvalue weighted by molar-refractivity contribution is 5.68. The molecule has 0 unspecified atom stereocenters. The van der Waals surface area contributed by atoms with Crippen LogP contribution in [0.1, 0.15) is 36.5 Å². The fourth-order valence-electron chi connectivity index (χ4n) is 2.57. The van der Waals surface area contributed by atoms with Gasteiger partial charge in [0, 0.05) is 18.3 Å². The molecule has 0 amide bonds. The number of rotatable bonds is 4. The molecular weight excluding hydrogens is 262 g/mol. The first-order valence-electron chi connectivity index (χ1n) is 7.07. The minimum Gasteiger partial charge on any atom is -0.329 e. The molecule has 3 N–H and O–H groups in total. The average molecular weight is 285 g/mol. The molecule has 5 nitrogen and oxygen atoms in total. The van der Waals surface area contributed by atoms with Gasteiger partial charge >= 0.3 is 0 Å². The van der Waals surface area contributed by atoms with E-state index in [0.29, 0.717) is 5.82 Å². The molecule has 1 aromatic heterocycles. The molecule has 5 heteroatoms. The van der Waals surface area contributed by atoms with Crippen LogP contribution in [0, 0.1) is 13.8 Å². The quantitative estimate of drug-likeness (QED) is 0.666. The highest BCUT2D eigenvalue weighted by Gasteiger charge is 2.18. The number of nitrogen functional groups attached to an aromatic ring is 1. The van der Waals surface area contributed by atoms with Crippen molar-refractivity contribution in [1.82, 2.24) is 9.97 Å². The molecule has 2 aromatic rings. The van der Waals surface area contributed by atoms with Gasteiger partial charge in [-0.3, -0.25) is 0 Å². The molecule has 21 heavy (non-hydrogen) atoms. The van der Waals surface area contributed by atoms with E-state index in [4.69, 9.17) is 5.84 Å². The minimum atomic E-state index is 0.264.